The SMILES string of the molecule is Nc1ccc(Cl)cc1.[Pt]. The van der Waals surface area contributed by atoms with Crippen LogP contribution in [0.1, 0.15) is 0 Å². The van der Waals surface area contributed by atoms with Gasteiger partial charge in [0, 0.05) is 31.8 Å². The summed E-state index contributed by atoms with van der Waals surface area (Å²) >= 11 is 5.56. The number of nitrogen functional groups attached to an aromatic ring is 1. The van der Waals surface area contributed by atoms with Crippen molar-refractivity contribution < 1.29 is 21.1 Å². The Labute approximate surface area is 73.5 Å². The van der Waals surface area contributed by atoms with Crippen molar-refractivity contribution in [3.63, 3.8) is 0 Å². The summed E-state index contributed by atoms with van der Waals surface area (Å²) < 4.78 is 0. The van der Waals surface area contributed by atoms with Crippen molar-refractivity contribution in [1.29, 1.82) is 0 Å². The van der Waals surface area contributed by atoms with E-state index >= 15 is 0 Å². The fourth-order valence-corrected chi connectivity index (χ4v) is 0.589. The Hall–Kier alpha value is -0.00169. The molecule has 0 atom stereocenters. The molecule has 0 aromatic heterocycles. The van der Waals surface area contributed by atoms with Crippen molar-refractivity contribution in [2.75, 3.05) is 5.73 Å². The molecule has 0 aliphatic carbocycles. The quantitative estimate of drug-likeness (QED) is 0.726. The molecule has 9 heavy (non-hydrogen) atoms. The number of rotatable bonds is 0. The normalized spacial score (nSPS) is 8.11. The minimum Gasteiger partial charge on any atom is -0.399 e. The molecule has 2 N–H and O–H groups in total. The van der Waals surface area contributed by atoms with Gasteiger partial charge in [0.05, 0.1) is 0 Å². The molecular formula is C6H6ClNPt. The molecule has 0 spiro atoms. The Morgan fingerprint density at radius 2 is 1.56 bits per heavy atom. The van der Waals surface area contributed by atoms with Crippen LogP contribution in [0.15, 0.2) is 24.3 Å². The summed E-state index contributed by atoms with van der Waals surface area (Å²) in [4.78, 5) is 0. The van der Waals surface area contributed by atoms with Crippen molar-refractivity contribution in [1.82, 2.24) is 0 Å². The zero-order chi connectivity index (χ0) is 5.98. The molecule has 52 valence electrons. The Morgan fingerprint density at radius 1 is 1.11 bits per heavy atom. The van der Waals surface area contributed by atoms with Crippen LogP contribution in [0.5, 0.6) is 0 Å². The van der Waals surface area contributed by atoms with Gasteiger partial charge in [0.1, 0.15) is 0 Å². The maximum atomic E-state index is 5.56. The van der Waals surface area contributed by atoms with Crippen LogP contribution in [0.4, 0.5) is 5.69 Å². The van der Waals surface area contributed by atoms with Crippen LogP contribution < -0.4 is 5.73 Å². The first kappa shape index (κ1) is 9.00. The van der Waals surface area contributed by atoms with E-state index in [4.69, 9.17) is 17.3 Å². The first-order valence-electron chi connectivity index (χ1n) is 2.30. The van der Waals surface area contributed by atoms with Crippen molar-refractivity contribution in [3.05, 3.63) is 29.3 Å². The van der Waals surface area contributed by atoms with E-state index in [0.29, 0.717) is 0 Å². The van der Waals surface area contributed by atoms with Gasteiger partial charge in [-0.25, -0.2) is 0 Å². The maximum Gasteiger partial charge on any atom is 0.0407 e. The molecule has 0 unspecified atom stereocenters. The van der Waals surface area contributed by atoms with Gasteiger partial charge in [-0.1, -0.05) is 11.6 Å². The third-order valence-electron chi connectivity index (χ3n) is 0.870. The van der Waals surface area contributed by atoms with E-state index in [0.717, 1.165) is 10.7 Å². The second-order valence-corrected chi connectivity index (χ2v) is 1.99. The number of halogens is 1. The summed E-state index contributed by atoms with van der Waals surface area (Å²) in [6.07, 6.45) is 0. The van der Waals surface area contributed by atoms with E-state index in [1.165, 1.54) is 0 Å². The summed E-state index contributed by atoms with van der Waals surface area (Å²) in [5.41, 5.74) is 6.11. The predicted molar refractivity (Wildman–Crippen MR) is 35.9 cm³/mol. The topological polar surface area (TPSA) is 26.0 Å². The predicted octanol–water partition coefficient (Wildman–Crippen LogP) is 1.92. The molecule has 0 aliphatic heterocycles. The molecule has 1 aromatic rings. The van der Waals surface area contributed by atoms with Crippen molar-refractivity contribution in [2.45, 2.75) is 0 Å². The second-order valence-electron chi connectivity index (χ2n) is 1.55. The first-order chi connectivity index (χ1) is 3.79. The van der Waals surface area contributed by atoms with Crippen molar-refractivity contribution >= 4 is 17.3 Å². The number of anilines is 1. The molecule has 1 rings (SSSR count). The molecule has 0 saturated carbocycles. The average Bonchev–Trinajstić information content (AvgIpc) is 1.77. The Morgan fingerprint density at radius 3 is 1.89 bits per heavy atom. The van der Waals surface area contributed by atoms with E-state index in [-0.39, 0.29) is 21.1 Å². The minimum absolute atomic E-state index is 0. The van der Waals surface area contributed by atoms with Gasteiger partial charge in [0.15, 0.2) is 0 Å². The van der Waals surface area contributed by atoms with Crippen LogP contribution >= 0.6 is 11.6 Å². The molecule has 0 radical (unpaired) electrons. The summed E-state index contributed by atoms with van der Waals surface area (Å²) in [6.45, 7) is 0. The molecule has 1 aromatic carbocycles. The van der Waals surface area contributed by atoms with Gasteiger partial charge in [0.25, 0.3) is 0 Å². The Kier molecular flexibility index (Phi) is 3.92. The summed E-state index contributed by atoms with van der Waals surface area (Å²) in [7, 11) is 0. The van der Waals surface area contributed by atoms with Crippen LogP contribution in [0, 0.1) is 0 Å². The molecule has 0 fully saturated rings. The third-order valence-corrected chi connectivity index (χ3v) is 1.12. The monoisotopic (exact) mass is 322 g/mol. The van der Waals surface area contributed by atoms with Crippen LogP contribution in [0.2, 0.25) is 5.02 Å². The molecule has 1 nitrogen and oxygen atoms in total. The summed E-state index contributed by atoms with van der Waals surface area (Å²) in [6, 6.07) is 7.05. The summed E-state index contributed by atoms with van der Waals surface area (Å²) in [5.74, 6) is 0. The number of nitrogens with two attached hydrogens (primary N) is 1. The van der Waals surface area contributed by atoms with Gasteiger partial charge in [-0.3, -0.25) is 0 Å². The maximum absolute atomic E-state index is 5.56. The van der Waals surface area contributed by atoms with Gasteiger partial charge in [-0.15, -0.1) is 0 Å². The fourth-order valence-electron chi connectivity index (χ4n) is 0.463. The molecule has 0 saturated heterocycles. The van der Waals surface area contributed by atoms with Gasteiger partial charge in [0.2, 0.25) is 0 Å². The van der Waals surface area contributed by atoms with Crippen LogP contribution in [-0.2, 0) is 21.1 Å². The molecular weight excluding hydrogens is 317 g/mol. The van der Waals surface area contributed by atoms with E-state index in [1.54, 1.807) is 24.3 Å². The molecule has 0 aliphatic rings. The number of benzene rings is 1. The first-order valence-corrected chi connectivity index (χ1v) is 2.68. The van der Waals surface area contributed by atoms with Crippen molar-refractivity contribution in [2.24, 2.45) is 0 Å². The van der Waals surface area contributed by atoms with Gasteiger partial charge < -0.3 is 5.73 Å². The Balaban J connectivity index is 0.000000640. The van der Waals surface area contributed by atoms with Crippen LogP contribution in [0.25, 0.3) is 0 Å². The van der Waals surface area contributed by atoms with E-state index in [2.05, 4.69) is 0 Å². The third kappa shape index (κ3) is 2.88. The van der Waals surface area contributed by atoms with E-state index < -0.39 is 0 Å². The molecule has 0 amide bonds. The smallest absolute Gasteiger partial charge is 0.0407 e. The number of hydrogen-bond acceptors (Lipinski definition) is 1. The minimum atomic E-state index is 0. The van der Waals surface area contributed by atoms with Crippen LogP contribution in [0.3, 0.4) is 0 Å². The van der Waals surface area contributed by atoms with Crippen LogP contribution in [-0.4, -0.2) is 0 Å². The Bertz CT molecular complexity index is 152. The summed E-state index contributed by atoms with van der Waals surface area (Å²) in [5, 5.41) is 0.721. The number of hydrogen-bond donors (Lipinski definition) is 1. The molecule has 3 heteroatoms. The molecule has 0 heterocycles. The zero-order valence-corrected chi connectivity index (χ0v) is 7.61. The largest absolute Gasteiger partial charge is 0.399 e. The molecule has 0 bridgehead atoms. The fraction of sp³-hybridized carbons (Fsp3) is 0. The van der Waals surface area contributed by atoms with E-state index in [9.17, 15) is 0 Å². The standard InChI is InChI=1S/C6H6ClN.Pt/c7-5-1-3-6(8)4-2-5;/h1-4H,8H2;. The average molecular weight is 323 g/mol. The van der Waals surface area contributed by atoms with Gasteiger partial charge in [-0.2, -0.15) is 0 Å². The van der Waals surface area contributed by atoms with Gasteiger partial charge in [-0.05, 0) is 24.3 Å². The van der Waals surface area contributed by atoms with Crippen molar-refractivity contribution in [3.8, 4) is 0 Å². The zero-order valence-electron chi connectivity index (χ0n) is 4.58. The van der Waals surface area contributed by atoms with Gasteiger partial charge >= 0.3 is 0 Å². The van der Waals surface area contributed by atoms with E-state index in [1.807, 2.05) is 0 Å². The second kappa shape index (κ2) is 3.92.